The van der Waals surface area contributed by atoms with Gasteiger partial charge in [0.05, 0.1) is 12.4 Å². The molecule has 0 saturated carbocycles. The molecule has 2 rings (SSSR count). The van der Waals surface area contributed by atoms with Gasteiger partial charge in [-0.3, -0.25) is 0 Å². The van der Waals surface area contributed by atoms with Crippen LogP contribution in [-0.2, 0) is 0 Å². The van der Waals surface area contributed by atoms with Gasteiger partial charge < -0.3 is 10.2 Å². The quantitative estimate of drug-likeness (QED) is 0.870. The first kappa shape index (κ1) is 12.8. The minimum absolute atomic E-state index is 0.354. The summed E-state index contributed by atoms with van der Waals surface area (Å²) in [5, 5.41) is 11.9. The summed E-state index contributed by atoms with van der Waals surface area (Å²) < 4.78 is 0. The molecule has 0 aromatic carbocycles. The van der Waals surface area contributed by atoms with E-state index in [1.165, 1.54) is 19.2 Å². The highest BCUT2D eigenvalue weighted by atomic mass is 15.2. The van der Waals surface area contributed by atoms with Gasteiger partial charge in [0.2, 0.25) is 0 Å². The Morgan fingerprint density at radius 2 is 2.33 bits per heavy atom. The lowest BCUT2D eigenvalue weighted by Crippen LogP contribution is -2.29. The van der Waals surface area contributed by atoms with Gasteiger partial charge in [0, 0.05) is 19.1 Å². The summed E-state index contributed by atoms with van der Waals surface area (Å²) in [6.45, 7) is 7.73. The Bertz CT molecular complexity index is 420. The molecule has 0 aliphatic carbocycles. The van der Waals surface area contributed by atoms with E-state index >= 15 is 0 Å². The summed E-state index contributed by atoms with van der Waals surface area (Å²) >= 11 is 0. The molecule has 2 heterocycles. The van der Waals surface area contributed by atoms with Crippen molar-refractivity contribution in [3.8, 4) is 6.07 Å². The van der Waals surface area contributed by atoms with E-state index < -0.39 is 0 Å². The fourth-order valence-electron chi connectivity index (χ4n) is 2.22. The third-order valence-corrected chi connectivity index (χ3v) is 3.39. The Labute approximate surface area is 108 Å². The zero-order chi connectivity index (χ0) is 13.0. The van der Waals surface area contributed by atoms with Crippen LogP contribution in [0.15, 0.2) is 12.4 Å². The SMILES string of the molecule is CC(C)N1CCC(CNc2cnc(C#N)cn2)C1. The van der Waals surface area contributed by atoms with E-state index in [-0.39, 0.29) is 0 Å². The summed E-state index contributed by atoms with van der Waals surface area (Å²) in [5.74, 6) is 1.42. The van der Waals surface area contributed by atoms with Crippen LogP contribution in [0.3, 0.4) is 0 Å². The molecular weight excluding hydrogens is 226 g/mol. The molecule has 1 N–H and O–H groups in total. The fraction of sp³-hybridized carbons (Fsp3) is 0.615. The topological polar surface area (TPSA) is 64.8 Å². The van der Waals surface area contributed by atoms with Crippen LogP contribution in [0.1, 0.15) is 26.0 Å². The lowest BCUT2D eigenvalue weighted by atomic mass is 10.1. The highest BCUT2D eigenvalue weighted by Crippen LogP contribution is 2.18. The molecule has 1 aliphatic rings. The van der Waals surface area contributed by atoms with Crippen LogP contribution < -0.4 is 5.32 Å². The predicted octanol–water partition coefficient (Wildman–Crippen LogP) is 1.49. The average Bonchev–Trinajstić information content (AvgIpc) is 2.86. The van der Waals surface area contributed by atoms with Crippen molar-refractivity contribution in [2.24, 2.45) is 5.92 Å². The minimum atomic E-state index is 0.354. The van der Waals surface area contributed by atoms with Crippen molar-refractivity contribution in [1.82, 2.24) is 14.9 Å². The number of nitriles is 1. The lowest BCUT2D eigenvalue weighted by Gasteiger charge is -2.20. The van der Waals surface area contributed by atoms with Crippen molar-refractivity contribution >= 4 is 5.82 Å². The fourth-order valence-corrected chi connectivity index (χ4v) is 2.22. The maximum absolute atomic E-state index is 8.63. The third-order valence-electron chi connectivity index (χ3n) is 3.39. The second kappa shape index (κ2) is 5.78. The van der Waals surface area contributed by atoms with E-state index in [4.69, 9.17) is 5.26 Å². The van der Waals surface area contributed by atoms with Crippen molar-refractivity contribution in [3.63, 3.8) is 0 Å². The Hall–Kier alpha value is -1.67. The van der Waals surface area contributed by atoms with E-state index in [0.29, 0.717) is 17.7 Å². The number of nitrogens with one attached hydrogen (secondary N) is 1. The van der Waals surface area contributed by atoms with Crippen LogP contribution in [0.4, 0.5) is 5.82 Å². The van der Waals surface area contributed by atoms with Gasteiger partial charge in [0.15, 0.2) is 5.69 Å². The van der Waals surface area contributed by atoms with Crippen LogP contribution in [-0.4, -0.2) is 40.5 Å². The van der Waals surface area contributed by atoms with Gasteiger partial charge in [-0.15, -0.1) is 0 Å². The average molecular weight is 245 g/mol. The number of rotatable bonds is 4. The number of hydrogen-bond acceptors (Lipinski definition) is 5. The molecule has 1 aromatic heterocycles. The normalized spacial score (nSPS) is 20.0. The number of likely N-dealkylation sites (tertiary alicyclic amines) is 1. The van der Waals surface area contributed by atoms with E-state index in [2.05, 4.69) is 34.0 Å². The largest absolute Gasteiger partial charge is 0.368 e. The Kier molecular flexibility index (Phi) is 4.11. The van der Waals surface area contributed by atoms with Gasteiger partial charge in [0.1, 0.15) is 11.9 Å². The molecule has 1 saturated heterocycles. The van der Waals surface area contributed by atoms with Gasteiger partial charge >= 0.3 is 0 Å². The van der Waals surface area contributed by atoms with E-state index in [9.17, 15) is 0 Å². The summed E-state index contributed by atoms with van der Waals surface area (Å²) in [4.78, 5) is 10.6. The van der Waals surface area contributed by atoms with Crippen LogP contribution in [0.5, 0.6) is 0 Å². The van der Waals surface area contributed by atoms with Crippen molar-refractivity contribution in [2.75, 3.05) is 25.0 Å². The summed E-state index contributed by atoms with van der Waals surface area (Å²) in [6.07, 6.45) is 4.35. The van der Waals surface area contributed by atoms with E-state index in [1.807, 2.05) is 6.07 Å². The monoisotopic (exact) mass is 245 g/mol. The van der Waals surface area contributed by atoms with Crippen molar-refractivity contribution in [3.05, 3.63) is 18.1 Å². The van der Waals surface area contributed by atoms with Gasteiger partial charge in [-0.05, 0) is 32.7 Å². The van der Waals surface area contributed by atoms with Crippen LogP contribution >= 0.6 is 0 Å². The first-order valence-electron chi connectivity index (χ1n) is 6.39. The van der Waals surface area contributed by atoms with E-state index in [1.54, 1.807) is 6.20 Å². The predicted molar refractivity (Wildman–Crippen MR) is 70.1 cm³/mol. The molecule has 1 atom stereocenters. The molecule has 5 nitrogen and oxygen atoms in total. The maximum atomic E-state index is 8.63. The number of hydrogen-bond donors (Lipinski definition) is 1. The third kappa shape index (κ3) is 3.17. The molecule has 1 fully saturated rings. The Morgan fingerprint density at radius 1 is 1.50 bits per heavy atom. The molecule has 18 heavy (non-hydrogen) atoms. The summed E-state index contributed by atoms with van der Waals surface area (Å²) in [5.41, 5.74) is 0.354. The summed E-state index contributed by atoms with van der Waals surface area (Å²) in [7, 11) is 0. The molecule has 1 unspecified atom stereocenters. The van der Waals surface area contributed by atoms with Crippen LogP contribution in [0, 0.1) is 17.2 Å². The highest BCUT2D eigenvalue weighted by molar-refractivity contribution is 5.33. The molecule has 0 spiro atoms. The number of aromatic nitrogens is 2. The van der Waals surface area contributed by atoms with Crippen LogP contribution in [0.25, 0.3) is 0 Å². The molecule has 1 aromatic rings. The van der Waals surface area contributed by atoms with Crippen molar-refractivity contribution in [1.29, 1.82) is 5.26 Å². The molecule has 0 amide bonds. The molecule has 0 radical (unpaired) electrons. The van der Waals surface area contributed by atoms with E-state index in [0.717, 1.165) is 18.9 Å². The summed E-state index contributed by atoms with van der Waals surface area (Å²) in [6, 6.07) is 2.59. The number of nitrogens with zero attached hydrogens (tertiary/aromatic N) is 4. The molecule has 0 bridgehead atoms. The maximum Gasteiger partial charge on any atom is 0.158 e. The first-order chi connectivity index (χ1) is 8.69. The second-order valence-electron chi connectivity index (χ2n) is 5.02. The van der Waals surface area contributed by atoms with Gasteiger partial charge in [0.25, 0.3) is 0 Å². The molecule has 5 heteroatoms. The lowest BCUT2D eigenvalue weighted by molar-refractivity contribution is 0.266. The van der Waals surface area contributed by atoms with Crippen LogP contribution in [0.2, 0.25) is 0 Å². The van der Waals surface area contributed by atoms with Gasteiger partial charge in [-0.2, -0.15) is 5.26 Å². The second-order valence-corrected chi connectivity index (χ2v) is 5.02. The highest BCUT2D eigenvalue weighted by Gasteiger charge is 2.23. The minimum Gasteiger partial charge on any atom is -0.368 e. The number of anilines is 1. The van der Waals surface area contributed by atoms with Gasteiger partial charge in [-0.25, -0.2) is 9.97 Å². The standard InChI is InChI=1S/C13H19N5/c1-10(2)18-4-3-11(9-18)6-16-13-8-15-12(5-14)7-17-13/h7-8,10-11H,3-4,6,9H2,1-2H3,(H,16,17). The Balaban J connectivity index is 1.80. The Morgan fingerprint density at radius 3 is 2.89 bits per heavy atom. The zero-order valence-electron chi connectivity index (χ0n) is 10.9. The van der Waals surface area contributed by atoms with Crippen molar-refractivity contribution in [2.45, 2.75) is 26.3 Å². The molecular formula is C13H19N5. The zero-order valence-corrected chi connectivity index (χ0v) is 10.9. The smallest absolute Gasteiger partial charge is 0.158 e. The molecule has 96 valence electrons. The van der Waals surface area contributed by atoms with Crippen molar-refractivity contribution < 1.29 is 0 Å². The van der Waals surface area contributed by atoms with Gasteiger partial charge in [-0.1, -0.05) is 0 Å². The first-order valence-corrected chi connectivity index (χ1v) is 6.39. The molecule has 1 aliphatic heterocycles.